The number of rotatable bonds is 9. The molecule has 0 bridgehead atoms. The zero-order valence-corrected chi connectivity index (χ0v) is 17.7. The summed E-state index contributed by atoms with van der Waals surface area (Å²) in [6.07, 6.45) is 2.73. The lowest BCUT2D eigenvalue weighted by atomic mass is 10.0. The molecule has 28 heavy (non-hydrogen) atoms. The molecule has 1 atom stereocenters. The molecule has 1 heterocycles. The fourth-order valence-electron chi connectivity index (χ4n) is 3.81. The SMILES string of the molecule is CCNC(=NCCN(CCOC)C1CC1)N1CCOC(c2ccccc2C)C1. The van der Waals surface area contributed by atoms with Crippen LogP contribution in [0.25, 0.3) is 0 Å². The molecular weight excluding hydrogens is 352 g/mol. The van der Waals surface area contributed by atoms with Gasteiger partial charge in [-0.05, 0) is 37.8 Å². The highest BCUT2D eigenvalue weighted by Gasteiger charge is 2.28. The van der Waals surface area contributed by atoms with Gasteiger partial charge in [-0.15, -0.1) is 0 Å². The van der Waals surface area contributed by atoms with Gasteiger partial charge in [-0.25, -0.2) is 0 Å². The number of aliphatic imine (C=N–C) groups is 1. The van der Waals surface area contributed by atoms with Gasteiger partial charge in [-0.1, -0.05) is 24.3 Å². The van der Waals surface area contributed by atoms with Crippen molar-refractivity contribution < 1.29 is 9.47 Å². The summed E-state index contributed by atoms with van der Waals surface area (Å²) in [7, 11) is 1.77. The summed E-state index contributed by atoms with van der Waals surface area (Å²) in [5.41, 5.74) is 2.57. The molecule has 156 valence electrons. The predicted molar refractivity (Wildman–Crippen MR) is 114 cm³/mol. The van der Waals surface area contributed by atoms with Crippen LogP contribution in [0.2, 0.25) is 0 Å². The van der Waals surface area contributed by atoms with Gasteiger partial charge in [-0.2, -0.15) is 0 Å². The Balaban J connectivity index is 1.60. The second-order valence-corrected chi connectivity index (χ2v) is 7.66. The van der Waals surface area contributed by atoms with Crippen molar-refractivity contribution in [3.8, 4) is 0 Å². The summed E-state index contributed by atoms with van der Waals surface area (Å²) >= 11 is 0. The van der Waals surface area contributed by atoms with Crippen LogP contribution in [0.1, 0.15) is 37.0 Å². The first-order chi connectivity index (χ1) is 13.7. The topological polar surface area (TPSA) is 49.3 Å². The lowest BCUT2D eigenvalue weighted by Crippen LogP contribution is -2.48. The largest absolute Gasteiger partial charge is 0.383 e. The van der Waals surface area contributed by atoms with Crippen molar-refractivity contribution in [1.82, 2.24) is 15.1 Å². The third-order valence-electron chi connectivity index (χ3n) is 5.53. The molecule has 0 radical (unpaired) electrons. The molecule has 1 aromatic carbocycles. The van der Waals surface area contributed by atoms with E-state index in [9.17, 15) is 0 Å². The van der Waals surface area contributed by atoms with Crippen LogP contribution >= 0.6 is 0 Å². The number of benzene rings is 1. The number of hydrogen-bond acceptors (Lipinski definition) is 4. The molecule has 0 aromatic heterocycles. The maximum atomic E-state index is 6.08. The van der Waals surface area contributed by atoms with Crippen LogP contribution < -0.4 is 5.32 Å². The average molecular weight is 389 g/mol. The van der Waals surface area contributed by atoms with Crippen molar-refractivity contribution in [2.24, 2.45) is 4.99 Å². The molecule has 0 spiro atoms. The van der Waals surface area contributed by atoms with Crippen LogP contribution in [0.4, 0.5) is 0 Å². The van der Waals surface area contributed by atoms with E-state index in [1.54, 1.807) is 7.11 Å². The molecule has 1 aromatic rings. The molecule has 1 saturated carbocycles. The Hall–Kier alpha value is -1.63. The monoisotopic (exact) mass is 388 g/mol. The number of guanidine groups is 1. The fourth-order valence-corrected chi connectivity index (χ4v) is 3.81. The summed E-state index contributed by atoms with van der Waals surface area (Å²) < 4.78 is 11.3. The molecule has 1 aliphatic carbocycles. The average Bonchev–Trinajstić information content (AvgIpc) is 3.55. The standard InChI is InChI=1S/C22H36N4O2/c1-4-23-22(24-11-12-25(13-15-27-3)19-9-10-19)26-14-16-28-21(17-26)20-8-6-5-7-18(20)2/h5-8,19,21H,4,9-17H2,1-3H3,(H,23,24). The number of aryl methyl sites for hydroxylation is 1. The Morgan fingerprint density at radius 1 is 1.32 bits per heavy atom. The normalized spacial score (nSPS) is 20.6. The first kappa shape index (κ1) is 21.1. The predicted octanol–water partition coefficient (Wildman–Crippen LogP) is 2.44. The van der Waals surface area contributed by atoms with Crippen LogP contribution in [-0.4, -0.2) is 81.4 Å². The van der Waals surface area contributed by atoms with E-state index in [-0.39, 0.29) is 6.10 Å². The van der Waals surface area contributed by atoms with Crippen LogP contribution in [0.3, 0.4) is 0 Å². The van der Waals surface area contributed by atoms with Gasteiger partial charge in [0, 0.05) is 39.3 Å². The van der Waals surface area contributed by atoms with Crippen molar-refractivity contribution >= 4 is 5.96 Å². The molecule has 2 aliphatic rings. The van der Waals surface area contributed by atoms with E-state index in [0.29, 0.717) is 0 Å². The summed E-state index contributed by atoms with van der Waals surface area (Å²) in [4.78, 5) is 9.81. The minimum atomic E-state index is 0.100. The lowest BCUT2D eigenvalue weighted by molar-refractivity contribution is -0.00834. The quantitative estimate of drug-likeness (QED) is 0.520. The van der Waals surface area contributed by atoms with E-state index < -0.39 is 0 Å². The second-order valence-electron chi connectivity index (χ2n) is 7.66. The van der Waals surface area contributed by atoms with Gasteiger partial charge in [0.05, 0.1) is 26.3 Å². The van der Waals surface area contributed by atoms with E-state index in [1.165, 1.54) is 24.0 Å². The van der Waals surface area contributed by atoms with Crippen molar-refractivity contribution in [1.29, 1.82) is 0 Å². The number of hydrogen-bond donors (Lipinski definition) is 1. The summed E-state index contributed by atoms with van der Waals surface area (Å²) in [6, 6.07) is 9.25. The van der Waals surface area contributed by atoms with Crippen molar-refractivity contribution in [2.45, 2.75) is 38.8 Å². The number of ether oxygens (including phenoxy) is 2. The Kier molecular flexibility index (Phi) is 8.13. The number of nitrogens with one attached hydrogen (secondary N) is 1. The fraction of sp³-hybridized carbons (Fsp3) is 0.682. The summed E-state index contributed by atoms with van der Waals surface area (Å²) in [5.74, 6) is 1.01. The first-order valence-electron chi connectivity index (χ1n) is 10.7. The van der Waals surface area contributed by atoms with E-state index in [0.717, 1.165) is 64.5 Å². The zero-order valence-electron chi connectivity index (χ0n) is 17.7. The van der Waals surface area contributed by atoms with Gasteiger partial charge in [0.2, 0.25) is 0 Å². The second kappa shape index (κ2) is 10.8. The molecule has 1 N–H and O–H groups in total. The summed E-state index contributed by atoms with van der Waals surface area (Å²) in [5, 5.41) is 3.48. The van der Waals surface area contributed by atoms with Crippen molar-refractivity contribution in [3.05, 3.63) is 35.4 Å². The molecule has 0 amide bonds. The number of nitrogens with zero attached hydrogens (tertiary/aromatic N) is 3. The van der Waals surface area contributed by atoms with Crippen LogP contribution in [0, 0.1) is 6.92 Å². The molecule has 6 heteroatoms. The van der Waals surface area contributed by atoms with Crippen LogP contribution in [-0.2, 0) is 9.47 Å². The smallest absolute Gasteiger partial charge is 0.194 e. The molecule has 6 nitrogen and oxygen atoms in total. The highest BCUT2D eigenvalue weighted by molar-refractivity contribution is 5.80. The molecular formula is C22H36N4O2. The highest BCUT2D eigenvalue weighted by Crippen LogP contribution is 2.26. The van der Waals surface area contributed by atoms with Gasteiger partial charge < -0.3 is 19.7 Å². The Labute approximate surface area is 169 Å². The van der Waals surface area contributed by atoms with E-state index >= 15 is 0 Å². The summed E-state index contributed by atoms with van der Waals surface area (Å²) in [6.45, 7) is 11.2. The van der Waals surface area contributed by atoms with Gasteiger partial charge in [0.15, 0.2) is 5.96 Å². The Morgan fingerprint density at radius 2 is 2.14 bits per heavy atom. The lowest BCUT2D eigenvalue weighted by Gasteiger charge is -2.36. The van der Waals surface area contributed by atoms with E-state index in [4.69, 9.17) is 14.5 Å². The van der Waals surface area contributed by atoms with Gasteiger partial charge >= 0.3 is 0 Å². The van der Waals surface area contributed by atoms with Crippen molar-refractivity contribution in [3.63, 3.8) is 0 Å². The number of morpholine rings is 1. The number of methoxy groups -OCH3 is 1. The molecule has 1 unspecified atom stereocenters. The molecule has 1 aliphatic heterocycles. The van der Waals surface area contributed by atoms with Crippen molar-refractivity contribution in [2.75, 3.05) is 59.6 Å². The van der Waals surface area contributed by atoms with Crippen LogP contribution in [0.15, 0.2) is 29.3 Å². The Morgan fingerprint density at radius 3 is 2.86 bits per heavy atom. The Bertz CT molecular complexity index is 633. The highest BCUT2D eigenvalue weighted by atomic mass is 16.5. The zero-order chi connectivity index (χ0) is 19.8. The van der Waals surface area contributed by atoms with Gasteiger partial charge in [0.1, 0.15) is 6.10 Å². The minimum Gasteiger partial charge on any atom is -0.383 e. The minimum absolute atomic E-state index is 0.100. The molecule has 3 rings (SSSR count). The first-order valence-corrected chi connectivity index (χ1v) is 10.7. The van der Waals surface area contributed by atoms with E-state index in [2.05, 4.69) is 53.2 Å². The molecule has 1 saturated heterocycles. The third kappa shape index (κ3) is 5.93. The van der Waals surface area contributed by atoms with E-state index in [1.807, 2.05) is 0 Å². The third-order valence-corrected chi connectivity index (χ3v) is 5.53. The van der Waals surface area contributed by atoms with Gasteiger partial charge in [0.25, 0.3) is 0 Å². The van der Waals surface area contributed by atoms with Gasteiger partial charge in [-0.3, -0.25) is 9.89 Å². The van der Waals surface area contributed by atoms with Crippen LogP contribution in [0.5, 0.6) is 0 Å². The molecule has 2 fully saturated rings. The maximum Gasteiger partial charge on any atom is 0.194 e. The maximum absolute atomic E-state index is 6.08.